The molecular formula is C16H16N2O4. The molecule has 1 aliphatic heterocycles. The third-order valence-electron chi connectivity index (χ3n) is 3.96. The van der Waals surface area contributed by atoms with Crippen LogP contribution in [0.5, 0.6) is 0 Å². The highest BCUT2D eigenvalue weighted by molar-refractivity contribution is 6.10. The highest BCUT2D eigenvalue weighted by Crippen LogP contribution is 2.24. The highest BCUT2D eigenvalue weighted by Gasteiger charge is 2.32. The molecule has 1 fully saturated rings. The van der Waals surface area contributed by atoms with Gasteiger partial charge in [0.2, 0.25) is 11.8 Å². The fourth-order valence-electron chi connectivity index (χ4n) is 2.51. The molecule has 0 spiro atoms. The molecule has 1 aliphatic rings. The van der Waals surface area contributed by atoms with Gasteiger partial charge < -0.3 is 9.32 Å². The minimum atomic E-state index is -0.383. The number of benzene rings is 1. The Morgan fingerprint density at radius 2 is 1.91 bits per heavy atom. The van der Waals surface area contributed by atoms with Crippen LogP contribution in [0.4, 0.5) is 0 Å². The van der Waals surface area contributed by atoms with Gasteiger partial charge in [0.1, 0.15) is 24.9 Å². The van der Waals surface area contributed by atoms with Crippen LogP contribution >= 0.6 is 0 Å². The molecule has 114 valence electrons. The average Bonchev–Trinajstić information content (AvgIpc) is 2.94. The Morgan fingerprint density at radius 3 is 2.55 bits per heavy atom. The van der Waals surface area contributed by atoms with E-state index < -0.39 is 0 Å². The summed E-state index contributed by atoms with van der Waals surface area (Å²) in [6.45, 7) is 1.84. The Kier molecular flexibility index (Phi) is 3.44. The van der Waals surface area contributed by atoms with E-state index in [4.69, 9.17) is 4.42 Å². The molecule has 0 aliphatic carbocycles. The van der Waals surface area contributed by atoms with Crippen molar-refractivity contribution in [1.29, 1.82) is 0 Å². The number of nitrogens with zero attached hydrogens (tertiary/aromatic N) is 2. The van der Waals surface area contributed by atoms with Crippen LogP contribution < -0.4 is 0 Å². The number of likely N-dealkylation sites (N-methyl/N-ethyl adjacent to an activating group) is 1. The first-order valence-corrected chi connectivity index (χ1v) is 7.10. The Hall–Kier alpha value is -2.63. The Bertz CT molecular complexity index is 760. The topological polar surface area (TPSA) is 70.8 Å². The Morgan fingerprint density at radius 1 is 1.23 bits per heavy atom. The van der Waals surface area contributed by atoms with E-state index in [1.807, 2.05) is 25.1 Å². The van der Waals surface area contributed by atoms with Crippen LogP contribution in [0.3, 0.4) is 0 Å². The number of carbonyl (C=O) groups is 3. The van der Waals surface area contributed by atoms with Crippen molar-refractivity contribution >= 4 is 28.7 Å². The van der Waals surface area contributed by atoms with Gasteiger partial charge in [-0.1, -0.05) is 13.0 Å². The number of hydrogen-bond donors (Lipinski definition) is 0. The molecule has 0 radical (unpaired) electrons. The summed E-state index contributed by atoms with van der Waals surface area (Å²) in [5, 5.41) is 0.711. The second kappa shape index (κ2) is 5.29. The van der Waals surface area contributed by atoms with Gasteiger partial charge in [0.25, 0.3) is 5.91 Å². The van der Waals surface area contributed by atoms with Crippen LogP contribution in [-0.2, 0) is 16.0 Å². The summed E-state index contributed by atoms with van der Waals surface area (Å²) >= 11 is 0. The van der Waals surface area contributed by atoms with Gasteiger partial charge in [-0.2, -0.15) is 0 Å². The van der Waals surface area contributed by atoms with Crippen molar-refractivity contribution in [1.82, 2.24) is 9.80 Å². The number of amides is 3. The number of piperazine rings is 1. The van der Waals surface area contributed by atoms with E-state index >= 15 is 0 Å². The van der Waals surface area contributed by atoms with Crippen molar-refractivity contribution in [2.45, 2.75) is 13.3 Å². The maximum Gasteiger partial charge on any atom is 0.258 e. The molecule has 0 unspecified atom stereocenters. The fourth-order valence-corrected chi connectivity index (χ4v) is 2.51. The van der Waals surface area contributed by atoms with Gasteiger partial charge >= 0.3 is 0 Å². The second-order valence-electron chi connectivity index (χ2n) is 5.34. The van der Waals surface area contributed by atoms with Crippen molar-refractivity contribution in [2.24, 2.45) is 0 Å². The van der Waals surface area contributed by atoms with E-state index in [9.17, 15) is 14.4 Å². The zero-order valence-corrected chi connectivity index (χ0v) is 12.5. The molecule has 1 saturated heterocycles. The normalized spacial score (nSPS) is 15.7. The Balaban J connectivity index is 1.95. The predicted molar refractivity (Wildman–Crippen MR) is 79.3 cm³/mol. The molecule has 6 nitrogen and oxygen atoms in total. The average molecular weight is 300 g/mol. The molecule has 1 aromatic carbocycles. The van der Waals surface area contributed by atoms with E-state index in [0.717, 1.165) is 16.9 Å². The van der Waals surface area contributed by atoms with Gasteiger partial charge in [-0.05, 0) is 24.1 Å². The summed E-state index contributed by atoms with van der Waals surface area (Å²) < 4.78 is 5.41. The van der Waals surface area contributed by atoms with E-state index in [-0.39, 0.29) is 30.8 Å². The van der Waals surface area contributed by atoms with Crippen LogP contribution in [0, 0.1) is 0 Å². The molecule has 3 amide bonds. The third kappa shape index (κ3) is 2.26. The number of carbonyl (C=O) groups excluding carboxylic acids is 3. The molecule has 6 heteroatoms. The molecule has 0 atom stereocenters. The minimum absolute atomic E-state index is 0.0960. The van der Waals surface area contributed by atoms with Crippen molar-refractivity contribution in [3.8, 4) is 0 Å². The van der Waals surface area contributed by atoms with Crippen molar-refractivity contribution in [2.75, 3.05) is 20.1 Å². The van der Waals surface area contributed by atoms with Gasteiger partial charge in [0.15, 0.2) is 0 Å². The third-order valence-corrected chi connectivity index (χ3v) is 3.96. The molecule has 0 N–H and O–H groups in total. The predicted octanol–water partition coefficient (Wildman–Crippen LogP) is 1.44. The summed E-state index contributed by atoms with van der Waals surface area (Å²) in [5.41, 5.74) is 2.09. The van der Waals surface area contributed by atoms with E-state index in [2.05, 4.69) is 0 Å². The van der Waals surface area contributed by atoms with Gasteiger partial charge in [-0.3, -0.25) is 19.3 Å². The molecular weight excluding hydrogens is 284 g/mol. The van der Waals surface area contributed by atoms with Crippen LogP contribution in [0.15, 0.2) is 28.9 Å². The molecule has 1 aromatic heterocycles. The smallest absolute Gasteiger partial charge is 0.258 e. The first-order valence-electron chi connectivity index (χ1n) is 7.10. The summed E-state index contributed by atoms with van der Waals surface area (Å²) in [6, 6.07) is 5.68. The van der Waals surface area contributed by atoms with Crippen LogP contribution in [0.25, 0.3) is 11.0 Å². The lowest BCUT2D eigenvalue weighted by Gasteiger charge is -2.30. The molecule has 2 heterocycles. The highest BCUT2D eigenvalue weighted by atomic mass is 16.3. The van der Waals surface area contributed by atoms with Crippen molar-refractivity contribution in [3.05, 3.63) is 35.6 Å². The first kappa shape index (κ1) is 14.3. The zero-order chi connectivity index (χ0) is 15.9. The van der Waals surface area contributed by atoms with Gasteiger partial charge in [-0.25, -0.2) is 0 Å². The van der Waals surface area contributed by atoms with E-state index in [1.54, 1.807) is 0 Å². The molecule has 22 heavy (non-hydrogen) atoms. The van der Waals surface area contributed by atoms with Crippen molar-refractivity contribution < 1.29 is 18.8 Å². The summed E-state index contributed by atoms with van der Waals surface area (Å²) in [4.78, 5) is 38.4. The SMILES string of the molecule is CCc1ccc2occ(C(=O)N3CC(=O)N(C)C(=O)C3)c2c1. The van der Waals surface area contributed by atoms with Gasteiger partial charge in [0, 0.05) is 12.4 Å². The first-order chi connectivity index (χ1) is 10.5. The fraction of sp³-hybridized carbons (Fsp3) is 0.312. The maximum absolute atomic E-state index is 12.6. The number of furan rings is 1. The van der Waals surface area contributed by atoms with E-state index in [0.29, 0.717) is 16.5 Å². The minimum Gasteiger partial charge on any atom is -0.463 e. The molecule has 0 saturated carbocycles. The van der Waals surface area contributed by atoms with Gasteiger partial charge in [-0.15, -0.1) is 0 Å². The Labute approximate surface area is 127 Å². The summed E-state index contributed by atoms with van der Waals surface area (Å²) in [6.07, 6.45) is 2.24. The zero-order valence-electron chi connectivity index (χ0n) is 12.5. The number of fused-ring (bicyclic) bond motifs is 1. The monoisotopic (exact) mass is 300 g/mol. The lowest BCUT2D eigenvalue weighted by Crippen LogP contribution is -2.53. The molecule has 0 bridgehead atoms. The van der Waals surface area contributed by atoms with Crippen LogP contribution in [0.1, 0.15) is 22.8 Å². The largest absolute Gasteiger partial charge is 0.463 e. The number of rotatable bonds is 2. The lowest BCUT2D eigenvalue weighted by atomic mass is 10.1. The molecule has 2 aromatic rings. The molecule has 3 rings (SSSR count). The van der Waals surface area contributed by atoms with E-state index in [1.165, 1.54) is 18.2 Å². The quantitative estimate of drug-likeness (QED) is 0.787. The second-order valence-corrected chi connectivity index (χ2v) is 5.34. The number of aryl methyl sites for hydroxylation is 1. The van der Waals surface area contributed by atoms with Crippen LogP contribution in [-0.4, -0.2) is 47.7 Å². The summed E-state index contributed by atoms with van der Waals surface area (Å²) in [7, 11) is 1.42. The number of imide groups is 1. The summed E-state index contributed by atoms with van der Waals surface area (Å²) in [5.74, 6) is -1.12. The lowest BCUT2D eigenvalue weighted by molar-refractivity contribution is -0.148. The van der Waals surface area contributed by atoms with Crippen LogP contribution in [0.2, 0.25) is 0 Å². The maximum atomic E-state index is 12.6. The standard InChI is InChI=1S/C16H16N2O4/c1-3-10-4-5-13-11(6-10)12(9-22-13)16(21)18-7-14(19)17(2)15(20)8-18/h4-6,9H,3,7-8H2,1-2H3. The van der Waals surface area contributed by atoms with Crippen molar-refractivity contribution in [3.63, 3.8) is 0 Å². The number of hydrogen-bond acceptors (Lipinski definition) is 4. The van der Waals surface area contributed by atoms with Gasteiger partial charge in [0.05, 0.1) is 5.56 Å².